The Balaban J connectivity index is 0.00000819. The summed E-state index contributed by atoms with van der Waals surface area (Å²) < 4.78 is 0. The van der Waals surface area contributed by atoms with E-state index in [0.29, 0.717) is 22.9 Å². The summed E-state index contributed by atoms with van der Waals surface area (Å²) in [6, 6.07) is 7.31. The molecule has 61 heavy (non-hydrogen) atoms. The number of phenols is 2. The molecule has 3 heterocycles. The number of benzene rings is 2. The van der Waals surface area contributed by atoms with Gasteiger partial charge in [0.1, 0.15) is 23.6 Å². The minimum Gasteiger partial charge on any atom is -0.508 e. The van der Waals surface area contributed by atoms with Crippen LogP contribution in [0.25, 0.3) is 21.8 Å². The van der Waals surface area contributed by atoms with Gasteiger partial charge in [-0.2, -0.15) is 0 Å². The van der Waals surface area contributed by atoms with Crippen LogP contribution >= 0.6 is 0 Å². The Kier molecular flexibility index (Phi) is 18.7. The molecule has 0 radical (unpaired) electrons. The van der Waals surface area contributed by atoms with E-state index in [1.807, 2.05) is 0 Å². The summed E-state index contributed by atoms with van der Waals surface area (Å²) in [7, 11) is 0. The molecule has 0 aliphatic carbocycles. The fourth-order valence-corrected chi connectivity index (χ4v) is 7.49. The molecule has 0 spiro atoms. The zero-order valence-electron chi connectivity index (χ0n) is 33.4. The number of nitrogens with one attached hydrogen (secondary N) is 4. The van der Waals surface area contributed by atoms with Crippen molar-refractivity contribution in [3.8, 4) is 11.5 Å². The van der Waals surface area contributed by atoms with Gasteiger partial charge in [0.05, 0.1) is 19.6 Å². The third-order valence-corrected chi connectivity index (χ3v) is 10.6. The van der Waals surface area contributed by atoms with Gasteiger partial charge in [-0.1, -0.05) is 0 Å². The number of hydrogen-bond acceptors (Lipinski definition) is 12. The number of rotatable bonds is 18. The molecule has 4 aromatic rings. The first-order valence-corrected chi connectivity index (χ1v) is 19.6. The Hall–Kier alpha value is -4.90. The normalized spacial score (nSPS) is 16.1. The third-order valence-electron chi connectivity index (χ3n) is 10.6. The molecule has 1 saturated heterocycles. The van der Waals surface area contributed by atoms with Gasteiger partial charge in [0.15, 0.2) is 0 Å². The fraction of sp³-hybridized carbons (Fsp3) is 0.450. The van der Waals surface area contributed by atoms with Crippen LogP contribution in [0.4, 0.5) is 0 Å². The van der Waals surface area contributed by atoms with Gasteiger partial charge in [0.25, 0.3) is 0 Å². The molecule has 20 nitrogen and oxygen atoms in total. The summed E-state index contributed by atoms with van der Waals surface area (Å²) in [5, 5.41) is 66.2. The SMILES string of the molecule is O=C(O)CN1CCN(CC(=O)O)CCN(C(CCC(=O)N[C@@H](Cc2c[nH]c3ccc(O)cc23)C(=O)NCCc2c[nH]c3ccc(O)cc23)C(=O)O)CCN(CC(=O)O)CC1.[Gd]. The summed E-state index contributed by atoms with van der Waals surface area (Å²) in [6.07, 6.45) is 3.38. The van der Waals surface area contributed by atoms with Gasteiger partial charge in [0.2, 0.25) is 11.8 Å². The van der Waals surface area contributed by atoms with E-state index >= 15 is 0 Å². The van der Waals surface area contributed by atoms with E-state index in [0.717, 1.165) is 16.5 Å². The van der Waals surface area contributed by atoms with Crippen molar-refractivity contribution in [1.29, 1.82) is 0 Å². The molecule has 1 aliphatic heterocycles. The maximum Gasteiger partial charge on any atom is 0.320 e. The average Bonchev–Trinajstić information content (AvgIpc) is 3.77. The minimum atomic E-state index is -1.25. The summed E-state index contributed by atoms with van der Waals surface area (Å²) in [5.74, 6) is -5.60. The van der Waals surface area contributed by atoms with Gasteiger partial charge < -0.3 is 51.2 Å². The van der Waals surface area contributed by atoms with Crippen LogP contribution in [0.3, 0.4) is 0 Å². The molecule has 1 fully saturated rings. The maximum absolute atomic E-state index is 13.8. The second kappa shape index (κ2) is 23.4. The zero-order valence-corrected chi connectivity index (χ0v) is 35.6. The smallest absolute Gasteiger partial charge is 0.320 e. The quantitative estimate of drug-likeness (QED) is 0.0635. The number of aromatic hydroxyl groups is 2. The van der Waals surface area contributed by atoms with Crippen molar-refractivity contribution in [2.75, 3.05) is 78.5 Å². The largest absolute Gasteiger partial charge is 0.508 e. The standard InChI is InChI=1S/C40H52N8O12.Gd/c49-27-1-3-31-29(18-27)25(20-42-31)7-8-41-39(58)33(17-26-21-43-32-4-2-28(50)19-30(26)32)44-35(51)6-5-34(40(59)60)48-15-13-46(23-37(54)55)11-9-45(22-36(52)53)10-12-47(14-16-48)24-38(56)57;/h1-4,18-21,33-34,42-43,49-50H,5-17,22-24H2,(H,41,58)(H,44,51)(H,52,53)(H,54,55)(H,56,57)(H,59,60);/t33-,34?;/m0./s1. The first kappa shape index (κ1) is 48.8. The number of H-pyrrole nitrogens is 2. The van der Waals surface area contributed by atoms with Crippen LogP contribution in [-0.2, 0) is 41.6 Å². The van der Waals surface area contributed by atoms with Crippen molar-refractivity contribution in [3.05, 3.63) is 59.9 Å². The molecular weight excluding hydrogens is 942 g/mol. The van der Waals surface area contributed by atoms with Crippen molar-refractivity contribution in [3.63, 3.8) is 0 Å². The van der Waals surface area contributed by atoms with Crippen LogP contribution in [0.15, 0.2) is 48.8 Å². The molecule has 5 rings (SSSR count). The number of amides is 2. The molecule has 21 heteroatoms. The van der Waals surface area contributed by atoms with E-state index in [4.69, 9.17) is 0 Å². The molecule has 0 saturated carbocycles. The van der Waals surface area contributed by atoms with Gasteiger partial charge >= 0.3 is 23.9 Å². The number of nitrogens with zero attached hydrogens (tertiary/aromatic N) is 4. The number of fused-ring (bicyclic) bond motifs is 2. The molecule has 332 valence electrons. The first-order chi connectivity index (χ1) is 28.6. The van der Waals surface area contributed by atoms with Crippen molar-refractivity contribution in [2.24, 2.45) is 0 Å². The van der Waals surface area contributed by atoms with Crippen LogP contribution in [0, 0.1) is 39.9 Å². The molecule has 2 aromatic carbocycles. The number of phenolic OH excluding ortho intramolecular Hbond substituents is 2. The fourth-order valence-electron chi connectivity index (χ4n) is 7.49. The third kappa shape index (κ3) is 14.9. The number of carbonyl (C=O) groups is 6. The van der Waals surface area contributed by atoms with Crippen LogP contribution in [0.2, 0.25) is 0 Å². The van der Waals surface area contributed by atoms with Crippen molar-refractivity contribution < 1.29 is 99.3 Å². The molecule has 2 atom stereocenters. The Morgan fingerprint density at radius 2 is 1.11 bits per heavy atom. The summed E-state index contributed by atoms with van der Waals surface area (Å²) in [4.78, 5) is 87.7. The summed E-state index contributed by atoms with van der Waals surface area (Å²) in [5.41, 5.74) is 3.01. The van der Waals surface area contributed by atoms with Crippen LogP contribution in [-0.4, -0.2) is 187 Å². The van der Waals surface area contributed by atoms with E-state index < -0.39 is 47.8 Å². The number of aromatic amines is 2. The molecule has 1 aliphatic rings. The van der Waals surface area contributed by atoms with Crippen LogP contribution in [0.5, 0.6) is 11.5 Å². The van der Waals surface area contributed by atoms with E-state index in [9.17, 15) is 59.4 Å². The van der Waals surface area contributed by atoms with Crippen LogP contribution in [0.1, 0.15) is 24.0 Å². The predicted octanol–water partition coefficient (Wildman–Crippen LogP) is 0.155. The van der Waals surface area contributed by atoms with Crippen molar-refractivity contribution in [2.45, 2.75) is 37.8 Å². The average molecular weight is 994 g/mol. The van der Waals surface area contributed by atoms with Gasteiger partial charge in [-0.3, -0.25) is 48.4 Å². The van der Waals surface area contributed by atoms with Gasteiger partial charge in [0, 0.05) is 146 Å². The Morgan fingerprint density at radius 1 is 0.656 bits per heavy atom. The molecule has 10 N–H and O–H groups in total. The molecular formula is C40H52GdN8O12. The minimum absolute atomic E-state index is 0. The first-order valence-electron chi connectivity index (χ1n) is 19.6. The van der Waals surface area contributed by atoms with E-state index in [-0.39, 0.29) is 149 Å². The Labute approximate surface area is 382 Å². The van der Waals surface area contributed by atoms with Crippen molar-refractivity contribution >= 4 is 57.5 Å². The number of carbonyl (C=O) groups excluding carboxylic acids is 2. The van der Waals surface area contributed by atoms with E-state index in [1.54, 1.807) is 62.3 Å². The second-order valence-electron chi connectivity index (χ2n) is 14.9. The number of aromatic nitrogens is 2. The second-order valence-corrected chi connectivity index (χ2v) is 14.9. The molecule has 1 unspecified atom stereocenters. The zero-order chi connectivity index (χ0) is 43.3. The maximum atomic E-state index is 13.8. The molecule has 2 aromatic heterocycles. The van der Waals surface area contributed by atoms with E-state index in [2.05, 4.69) is 20.6 Å². The predicted molar refractivity (Wildman–Crippen MR) is 217 cm³/mol. The van der Waals surface area contributed by atoms with Crippen LogP contribution < -0.4 is 10.6 Å². The summed E-state index contributed by atoms with van der Waals surface area (Å²) >= 11 is 0. The van der Waals surface area contributed by atoms with Gasteiger partial charge in [-0.25, -0.2) is 0 Å². The van der Waals surface area contributed by atoms with E-state index in [1.165, 1.54) is 6.07 Å². The monoisotopic (exact) mass is 994 g/mol. The Bertz CT molecular complexity index is 2130. The number of hydrogen-bond donors (Lipinski definition) is 10. The van der Waals surface area contributed by atoms with Gasteiger partial charge in [-0.05, 0) is 60.4 Å². The number of carboxylic acids is 4. The van der Waals surface area contributed by atoms with Crippen molar-refractivity contribution in [1.82, 2.24) is 40.2 Å². The topological polar surface area (TPSA) is 292 Å². The van der Waals surface area contributed by atoms with Gasteiger partial charge in [-0.15, -0.1) is 0 Å². The number of aliphatic carboxylic acids is 4. The summed E-state index contributed by atoms with van der Waals surface area (Å²) in [6.45, 7) is -0.00834. The number of carboxylic acid groups (broad SMARTS) is 4. The molecule has 0 bridgehead atoms. The Morgan fingerprint density at radius 3 is 1.59 bits per heavy atom. The molecule has 2 amide bonds.